The SMILES string of the molecule is CO[C@@](C(=O)O[C@@H]1CC[C@@]2(C)CC[C@H]3[C@@H](OC(=O)[C@@H]3C)[C@]23O[C@]13C)(c1ccccc1)C(F)(F)F. The van der Waals surface area contributed by atoms with Gasteiger partial charge in [0.2, 0.25) is 0 Å². The lowest BCUT2D eigenvalue weighted by Gasteiger charge is -2.50. The fourth-order valence-corrected chi connectivity index (χ4v) is 7.04. The third kappa shape index (κ3) is 2.71. The van der Waals surface area contributed by atoms with E-state index in [1.807, 2.05) is 6.92 Å². The van der Waals surface area contributed by atoms with Crippen molar-refractivity contribution in [2.24, 2.45) is 17.3 Å². The molecule has 5 rings (SSSR count). The first kappa shape index (κ1) is 23.6. The zero-order valence-electron chi connectivity index (χ0n) is 19.6. The molecule has 1 aromatic carbocycles. The van der Waals surface area contributed by atoms with Crippen molar-refractivity contribution in [1.29, 1.82) is 0 Å². The van der Waals surface area contributed by atoms with Gasteiger partial charge >= 0.3 is 18.1 Å². The quantitative estimate of drug-likeness (QED) is 0.471. The number of methoxy groups -OCH3 is 1. The average molecular weight is 482 g/mol. The van der Waals surface area contributed by atoms with Crippen LogP contribution < -0.4 is 0 Å². The molecule has 2 aliphatic heterocycles. The predicted octanol–water partition coefficient (Wildman–Crippen LogP) is 4.30. The number of alkyl halides is 3. The molecule has 9 heteroatoms. The minimum atomic E-state index is -5.06. The lowest BCUT2D eigenvalue weighted by Crippen LogP contribution is -2.62. The lowest BCUT2D eigenvalue weighted by atomic mass is 9.52. The Morgan fingerprint density at radius 3 is 2.38 bits per heavy atom. The van der Waals surface area contributed by atoms with Crippen LogP contribution in [0.4, 0.5) is 13.2 Å². The second-order valence-electron chi connectivity index (χ2n) is 10.5. The number of ether oxygens (including phenoxy) is 4. The van der Waals surface area contributed by atoms with Crippen LogP contribution in [0.5, 0.6) is 0 Å². The van der Waals surface area contributed by atoms with E-state index in [0.717, 1.165) is 20.0 Å². The Morgan fingerprint density at radius 1 is 1.12 bits per heavy atom. The molecule has 34 heavy (non-hydrogen) atoms. The fourth-order valence-electron chi connectivity index (χ4n) is 7.04. The van der Waals surface area contributed by atoms with Crippen LogP contribution in [0, 0.1) is 17.3 Å². The zero-order chi connectivity index (χ0) is 24.7. The van der Waals surface area contributed by atoms with E-state index < -0.39 is 41.2 Å². The number of halogens is 3. The average Bonchev–Trinajstić information content (AvgIpc) is 3.34. The smallest absolute Gasteiger partial charge is 0.432 e. The number of esters is 2. The number of rotatable bonds is 4. The number of benzene rings is 1. The summed E-state index contributed by atoms with van der Waals surface area (Å²) in [5.74, 6) is -2.12. The highest BCUT2D eigenvalue weighted by Gasteiger charge is 2.87. The monoisotopic (exact) mass is 482 g/mol. The van der Waals surface area contributed by atoms with E-state index in [1.165, 1.54) is 24.3 Å². The standard InChI is InChI=1S/C25H29F3O6/c1-14-16-10-12-21(2)13-11-17(22(3)24(21,34-22)18(16)33-19(14)29)32-20(30)23(31-4,25(26,27)28)15-8-6-5-7-9-15/h5-9,14,16-18H,10-13H2,1-4H3/t14-,16-,17-,18-,21-,22-,23-,24+/m1/s1. The van der Waals surface area contributed by atoms with Crippen LogP contribution in [0.3, 0.4) is 0 Å². The highest BCUT2D eigenvalue weighted by molar-refractivity contribution is 5.83. The third-order valence-electron chi connectivity index (χ3n) is 9.04. The minimum Gasteiger partial charge on any atom is -0.459 e. The first-order chi connectivity index (χ1) is 15.9. The number of carbonyl (C=O) groups excluding carboxylic acids is 2. The van der Waals surface area contributed by atoms with Gasteiger partial charge in [-0.05, 0) is 32.6 Å². The molecule has 0 bridgehead atoms. The van der Waals surface area contributed by atoms with E-state index in [9.17, 15) is 22.8 Å². The molecule has 0 aromatic heterocycles. The van der Waals surface area contributed by atoms with Crippen LogP contribution in [0.1, 0.15) is 52.0 Å². The van der Waals surface area contributed by atoms with Crippen molar-refractivity contribution in [1.82, 2.24) is 0 Å². The largest absolute Gasteiger partial charge is 0.459 e. The van der Waals surface area contributed by atoms with Crippen molar-refractivity contribution >= 4 is 11.9 Å². The fraction of sp³-hybridized carbons (Fsp3) is 0.680. The molecule has 2 saturated heterocycles. The van der Waals surface area contributed by atoms with Gasteiger partial charge in [0.15, 0.2) is 0 Å². The molecule has 1 spiro atoms. The summed E-state index contributed by atoms with van der Waals surface area (Å²) < 4.78 is 65.7. The van der Waals surface area contributed by atoms with Crippen LogP contribution in [0.2, 0.25) is 0 Å². The Balaban J connectivity index is 1.48. The minimum absolute atomic E-state index is 0.0330. The summed E-state index contributed by atoms with van der Waals surface area (Å²) in [7, 11) is 0.849. The number of fused-ring (bicyclic) bond motifs is 1. The van der Waals surface area contributed by atoms with Gasteiger partial charge in [0.25, 0.3) is 5.60 Å². The Kier molecular flexibility index (Phi) is 5.00. The Bertz CT molecular complexity index is 1010. The molecular formula is C25H29F3O6. The first-order valence-corrected chi connectivity index (χ1v) is 11.7. The summed E-state index contributed by atoms with van der Waals surface area (Å²) in [5.41, 5.74) is -5.92. The molecule has 2 saturated carbocycles. The maximum atomic E-state index is 14.3. The zero-order valence-corrected chi connectivity index (χ0v) is 19.6. The lowest BCUT2D eigenvalue weighted by molar-refractivity contribution is -0.279. The maximum absolute atomic E-state index is 14.3. The summed E-state index contributed by atoms with van der Waals surface area (Å²) in [6, 6.07) is 6.76. The normalized spacial score (nSPS) is 42.5. The van der Waals surface area contributed by atoms with E-state index in [4.69, 9.17) is 18.9 Å². The summed E-state index contributed by atoms with van der Waals surface area (Å²) >= 11 is 0. The summed E-state index contributed by atoms with van der Waals surface area (Å²) in [6.07, 6.45) is -3.97. The van der Waals surface area contributed by atoms with Crippen LogP contribution in [0.25, 0.3) is 0 Å². The molecule has 1 aromatic rings. The van der Waals surface area contributed by atoms with Crippen molar-refractivity contribution in [3.8, 4) is 0 Å². The van der Waals surface area contributed by atoms with Gasteiger partial charge in [-0.2, -0.15) is 13.2 Å². The van der Waals surface area contributed by atoms with E-state index in [0.29, 0.717) is 12.8 Å². The summed E-state index contributed by atoms with van der Waals surface area (Å²) in [6.45, 7) is 5.66. The van der Waals surface area contributed by atoms with Gasteiger partial charge in [0.1, 0.15) is 23.4 Å². The highest BCUT2D eigenvalue weighted by Crippen LogP contribution is 2.73. The van der Waals surface area contributed by atoms with Crippen LogP contribution in [-0.2, 0) is 34.1 Å². The van der Waals surface area contributed by atoms with Gasteiger partial charge in [-0.1, -0.05) is 44.2 Å². The maximum Gasteiger partial charge on any atom is 0.432 e. The Morgan fingerprint density at radius 2 is 1.76 bits per heavy atom. The van der Waals surface area contributed by atoms with E-state index in [1.54, 1.807) is 13.0 Å². The van der Waals surface area contributed by atoms with Crippen molar-refractivity contribution in [2.45, 2.75) is 81.6 Å². The van der Waals surface area contributed by atoms with E-state index in [2.05, 4.69) is 6.92 Å². The van der Waals surface area contributed by atoms with Crippen molar-refractivity contribution in [3.05, 3.63) is 35.9 Å². The number of hydrogen-bond donors (Lipinski definition) is 0. The van der Waals surface area contributed by atoms with E-state index in [-0.39, 0.29) is 28.8 Å². The van der Waals surface area contributed by atoms with Crippen LogP contribution in [-0.4, -0.2) is 48.6 Å². The molecule has 4 aliphatic rings. The third-order valence-corrected chi connectivity index (χ3v) is 9.04. The van der Waals surface area contributed by atoms with Gasteiger partial charge in [-0.15, -0.1) is 0 Å². The Labute approximate surface area is 196 Å². The van der Waals surface area contributed by atoms with Crippen molar-refractivity contribution in [3.63, 3.8) is 0 Å². The van der Waals surface area contributed by atoms with Gasteiger partial charge in [-0.3, -0.25) is 4.79 Å². The second-order valence-corrected chi connectivity index (χ2v) is 10.5. The Hall–Kier alpha value is -2.13. The predicted molar refractivity (Wildman–Crippen MR) is 112 cm³/mol. The molecule has 6 nitrogen and oxygen atoms in total. The molecule has 0 amide bonds. The van der Waals surface area contributed by atoms with Crippen molar-refractivity contribution in [2.75, 3.05) is 7.11 Å². The molecule has 2 aliphatic carbocycles. The van der Waals surface area contributed by atoms with Crippen LogP contribution in [0.15, 0.2) is 30.3 Å². The summed E-state index contributed by atoms with van der Waals surface area (Å²) in [5, 5.41) is 0. The molecular weight excluding hydrogens is 453 g/mol. The van der Waals surface area contributed by atoms with Crippen LogP contribution >= 0.6 is 0 Å². The first-order valence-electron chi connectivity index (χ1n) is 11.7. The van der Waals surface area contributed by atoms with Gasteiger partial charge in [0, 0.05) is 24.0 Å². The van der Waals surface area contributed by atoms with E-state index >= 15 is 0 Å². The second kappa shape index (κ2) is 7.20. The highest BCUT2D eigenvalue weighted by atomic mass is 19.4. The molecule has 8 atom stereocenters. The molecule has 4 fully saturated rings. The number of epoxide rings is 1. The molecule has 0 N–H and O–H groups in total. The molecule has 0 unspecified atom stereocenters. The number of hydrogen-bond acceptors (Lipinski definition) is 6. The number of carbonyl (C=O) groups is 2. The van der Waals surface area contributed by atoms with Crippen molar-refractivity contribution < 1.29 is 41.7 Å². The molecule has 0 radical (unpaired) electrons. The van der Waals surface area contributed by atoms with Gasteiger partial charge < -0.3 is 18.9 Å². The summed E-state index contributed by atoms with van der Waals surface area (Å²) in [4.78, 5) is 25.7. The van der Waals surface area contributed by atoms with Gasteiger partial charge in [0.05, 0.1) is 5.92 Å². The molecule has 186 valence electrons. The topological polar surface area (TPSA) is 74.4 Å². The molecule has 2 heterocycles. The van der Waals surface area contributed by atoms with Gasteiger partial charge in [-0.25, -0.2) is 4.79 Å².